The number of ketones is 1. The molecule has 5 nitrogen and oxygen atoms in total. The van der Waals surface area contributed by atoms with Crippen molar-refractivity contribution in [2.75, 3.05) is 18.1 Å². The first kappa shape index (κ1) is 12.8. The van der Waals surface area contributed by atoms with E-state index in [-0.39, 0.29) is 24.8 Å². The standard InChI is InChI=1S/C14H12N2O3S/c1-9(17)5-16-12-4-10(11-7-20-8-15-11)2-3-13(12)19-6-14(16)18/h2-4,7-8H,5-6H2,1H3. The van der Waals surface area contributed by atoms with E-state index in [9.17, 15) is 9.59 Å². The van der Waals surface area contributed by atoms with Crippen LogP contribution in [0.3, 0.4) is 0 Å². The molecule has 0 N–H and O–H groups in total. The molecular weight excluding hydrogens is 276 g/mol. The van der Waals surface area contributed by atoms with Crippen molar-refractivity contribution in [3.05, 3.63) is 29.1 Å². The lowest BCUT2D eigenvalue weighted by Crippen LogP contribution is -2.41. The number of nitrogens with zero attached hydrogens (tertiary/aromatic N) is 2. The number of fused-ring (bicyclic) bond motifs is 1. The molecule has 6 heteroatoms. The molecular formula is C14H12N2O3S. The van der Waals surface area contributed by atoms with Crippen LogP contribution in [0.1, 0.15) is 6.92 Å². The van der Waals surface area contributed by atoms with Crippen LogP contribution in [0.2, 0.25) is 0 Å². The third kappa shape index (κ3) is 2.30. The first-order valence-electron chi connectivity index (χ1n) is 6.10. The zero-order chi connectivity index (χ0) is 14.1. The molecule has 20 heavy (non-hydrogen) atoms. The Kier molecular flexibility index (Phi) is 3.23. The van der Waals surface area contributed by atoms with Gasteiger partial charge in [-0.05, 0) is 25.1 Å². The van der Waals surface area contributed by atoms with Crippen molar-refractivity contribution in [3.63, 3.8) is 0 Å². The van der Waals surface area contributed by atoms with Crippen molar-refractivity contribution in [3.8, 4) is 17.0 Å². The molecule has 0 fully saturated rings. The van der Waals surface area contributed by atoms with E-state index in [0.717, 1.165) is 11.3 Å². The number of benzene rings is 1. The molecule has 2 aromatic rings. The third-order valence-electron chi connectivity index (χ3n) is 3.01. The number of aromatic nitrogens is 1. The number of hydrogen-bond donors (Lipinski definition) is 0. The van der Waals surface area contributed by atoms with Gasteiger partial charge in [0.1, 0.15) is 11.5 Å². The number of Topliss-reactive ketones (excluding diaryl/α,β-unsaturated/α-hetero) is 1. The molecule has 0 bridgehead atoms. The predicted octanol–water partition coefficient (Wildman–Crippen LogP) is 2.12. The maximum Gasteiger partial charge on any atom is 0.265 e. The number of amides is 1. The van der Waals surface area contributed by atoms with Crippen molar-refractivity contribution in [2.45, 2.75) is 6.92 Å². The number of anilines is 1. The molecule has 1 amide bonds. The minimum Gasteiger partial charge on any atom is -0.482 e. The molecule has 0 saturated carbocycles. The molecule has 0 atom stereocenters. The van der Waals surface area contributed by atoms with Crippen molar-refractivity contribution < 1.29 is 14.3 Å². The Balaban J connectivity index is 2.05. The SMILES string of the molecule is CC(=O)CN1C(=O)COc2ccc(-c3cscn3)cc21. The van der Waals surface area contributed by atoms with Crippen LogP contribution in [-0.2, 0) is 9.59 Å². The Morgan fingerprint density at radius 3 is 3.05 bits per heavy atom. The van der Waals surface area contributed by atoms with Gasteiger partial charge in [-0.3, -0.25) is 14.5 Å². The summed E-state index contributed by atoms with van der Waals surface area (Å²) in [6, 6.07) is 5.55. The normalized spacial score (nSPS) is 13.8. The summed E-state index contributed by atoms with van der Waals surface area (Å²) in [6.45, 7) is 1.50. The van der Waals surface area contributed by atoms with Gasteiger partial charge in [-0.15, -0.1) is 11.3 Å². The van der Waals surface area contributed by atoms with Crippen LogP contribution in [0.15, 0.2) is 29.1 Å². The zero-order valence-electron chi connectivity index (χ0n) is 10.8. The fourth-order valence-corrected chi connectivity index (χ4v) is 2.67. The van der Waals surface area contributed by atoms with Crippen LogP contribution in [0.5, 0.6) is 5.75 Å². The second kappa shape index (κ2) is 5.05. The van der Waals surface area contributed by atoms with Gasteiger partial charge in [0.05, 0.1) is 23.4 Å². The summed E-state index contributed by atoms with van der Waals surface area (Å²) >= 11 is 1.51. The highest BCUT2D eigenvalue weighted by atomic mass is 32.1. The molecule has 102 valence electrons. The number of carbonyl (C=O) groups excluding carboxylic acids is 2. The molecule has 1 aromatic carbocycles. The number of rotatable bonds is 3. The predicted molar refractivity (Wildman–Crippen MR) is 76.1 cm³/mol. The van der Waals surface area contributed by atoms with Gasteiger partial charge in [0.2, 0.25) is 0 Å². The molecule has 3 rings (SSSR count). The molecule has 2 heterocycles. The van der Waals surface area contributed by atoms with Crippen LogP contribution in [0.4, 0.5) is 5.69 Å². The van der Waals surface area contributed by atoms with Gasteiger partial charge >= 0.3 is 0 Å². The maximum absolute atomic E-state index is 11.9. The number of hydrogen-bond acceptors (Lipinski definition) is 5. The summed E-state index contributed by atoms with van der Waals surface area (Å²) in [5.74, 6) is 0.346. The van der Waals surface area contributed by atoms with Gasteiger partial charge in [-0.25, -0.2) is 4.98 Å². The minimum absolute atomic E-state index is 0.0314. The summed E-state index contributed by atoms with van der Waals surface area (Å²) in [6.07, 6.45) is 0. The summed E-state index contributed by atoms with van der Waals surface area (Å²) in [4.78, 5) is 29.0. The Morgan fingerprint density at radius 2 is 2.35 bits per heavy atom. The Morgan fingerprint density at radius 1 is 1.50 bits per heavy atom. The molecule has 0 aliphatic carbocycles. The molecule has 0 saturated heterocycles. The molecule has 0 radical (unpaired) electrons. The lowest BCUT2D eigenvalue weighted by molar-refractivity contribution is -0.123. The summed E-state index contributed by atoms with van der Waals surface area (Å²) < 4.78 is 5.40. The zero-order valence-corrected chi connectivity index (χ0v) is 11.6. The van der Waals surface area contributed by atoms with Crippen LogP contribution < -0.4 is 9.64 Å². The smallest absolute Gasteiger partial charge is 0.265 e. The highest BCUT2D eigenvalue weighted by Crippen LogP contribution is 2.35. The topological polar surface area (TPSA) is 59.5 Å². The van der Waals surface area contributed by atoms with Crippen LogP contribution >= 0.6 is 11.3 Å². The Labute approximate surface area is 119 Å². The lowest BCUT2D eigenvalue weighted by atomic mass is 10.1. The number of ether oxygens (including phenoxy) is 1. The largest absolute Gasteiger partial charge is 0.482 e. The first-order valence-corrected chi connectivity index (χ1v) is 7.04. The highest BCUT2D eigenvalue weighted by Gasteiger charge is 2.26. The van der Waals surface area contributed by atoms with E-state index >= 15 is 0 Å². The minimum atomic E-state index is -0.205. The molecule has 1 aromatic heterocycles. The van der Waals surface area contributed by atoms with E-state index in [1.54, 1.807) is 5.51 Å². The average molecular weight is 288 g/mol. The maximum atomic E-state index is 11.9. The summed E-state index contributed by atoms with van der Waals surface area (Å²) in [7, 11) is 0. The van der Waals surface area contributed by atoms with Crippen molar-refractivity contribution in [1.82, 2.24) is 4.98 Å². The highest BCUT2D eigenvalue weighted by molar-refractivity contribution is 7.07. The van der Waals surface area contributed by atoms with E-state index in [1.807, 2.05) is 23.6 Å². The number of carbonyl (C=O) groups is 2. The van der Waals surface area contributed by atoms with Crippen molar-refractivity contribution in [1.29, 1.82) is 0 Å². The summed E-state index contributed by atoms with van der Waals surface area (Å²) in [5, 5.41) is 1.93. The van der Waals surface area contributed by atoms with Crippen molar-refractivity contribution in [2.24, 2.45) is 0 Å². The van der Waals surface area contributed by atoms with Gasteiger partial charge in [-0.1, -0.05) is 0 Å². The van der Waals surface area contributed by atoms with E-state index in [1.165, 1.54) is 23.2 Å². The fourth-order valence-electron chi connectivity index (χ4n) is 2.11. The second-order valence-electron chi connectivity index (χ2n) is 4.53. The Bertz CT molecular complexity index is 667. The van der Waals surface area contributed by atoms with Gasteiger partial charge in [-0.2, -0.15) is 0 Å². The quantitative estimate of drug-likeness (QED) is 0.868. The van der Waals surface area contributed by atoms with Gasteiger partial charge in [0.25, 0.3) is 5.91 Å². The van der Waals surface area contributed by atoms with Crippen molar-refractivity contribution >= 4 is 28.7 Å². The average Bonchev–Trinajstić information content (AvgIpc) is 2.95. The van der Waals surface area contributed by atoms with E-state index in [0.29, 0.717) is 11.4 Å². The van der Waals surface area contributed by atoms with E-state index in [4.69, 9.17) is 4.74 Å². The Hall–Kier alpha value is -2.21. The fraction of sp³-hybridized carbons (Fsp3) is 0.214. The molecule has 0 unspecified atom stereocenters. The van der Waals surface area contributed by atoms with Crippen LogP contribution in [-0.4, -0.2) is 29.8 Å². The first-order chi connectivity index (χ1) is 9.65. The molecule has 1 aliphatic heterocycles. The van der Waals surface area contributed by atoms with Gasteiger partial charge in [0, 0.05) is 10.9 Å². The van der Waals surface area contributed by atoms with E-state index in [2.05, 4.69) is 4.98 Å². The lowest BCUT2D eigenvalue weighted by Gasteiger charge is -2.28. The second-order valence-corrected chi connectivity index (χ2v) is 5.25. The molecule has 1 aliphatic rings. The number of thiazole rings is 1. The van der Waals surface area contributed by atoms with Crippen LogP contribution in [0.25, 0.3) is 11.3 Å². The third-order valence-corrected chi connectivity index (χ3v) is 3.60. The van der Waals surface area contributed by atoms with Gasteiger partial charge < -0.3 is 4.74 Å². The van der Waals surface area contributed by atoms with Gasteiger partial charge in [0.15, 0.2) is 6.61 Å². The van der Waals surface area contributed by atoms with E-state index < -0.39 is 0 Å². The molecule has 0 spiro atoms. The summed E-state index contributed by atoms with van der Waals surface area (Å²) in [5.41, 5.74) is 4.13. The monoisotopic (exact) mass is 288 g/mol. The van der Waals surface area contributed by atoms with Crippen LogP contribution in [0, 0.1) is 0 Å².